The van der Waals surface area contributed by atoms with Crippen molar-refractivity contribution in [2.45, 2.75) is 57.2 Å². The van der Waals surface area contributed by atoms with Crippen LogP contribution in [-0.2, 0) is 21.7 Å². The number of aliphatic hydroxyl groups excluding tert-OH is 1. The number of carbonyl (C=O) groups is 2. The largest absolute Gasteiger partial charge is 0.497 e. The molecule has 0 aliphatic carbocycles. The number of anilines is 2. The number of aryl methyl sites for hydroxylation is 1. The number of nitrogens with zero attached hydrogens (tertiary/aromatic N) is 4. The highest BCUT2D eigenvalue weighted by Crippen LogP contribution is 2.58. The number of methoxy groups -OCH3 is 1. The molecule has 2 N–H and O–H groups in total. The number of hydrogen-bond donors (Lipinski definition) is 2. The molecular formula is C37H40FN5O5. The zero-order valence-electron chi connectivity index (χ0n) is 27.5. The predicted molar refractivity (Wildman–Crippen MR) is 179 cm³/mol. The van der Waals surface area contributed by atoms with Gasteiger partial charge >= 0.3 is 0 Å². The van der Waals surface area contributed by atoms with E-state index in [-0.39, 0.29) is 18.4 Å². The van der Waals surface area contributed by atoms with Gasteiger partial charge in [-0.2, -0.15) is 0 Å². The van der Waals surface area contributed by atoms with E-state index in [2.05, 4.69) is 22.2 Å². The van der Waals surface area contributed by atoms with Crippen LogP contribution in [0.3, 0.4) is 0 Å². The smallest absolute Gasteiger partial charge is 0.264 e. The molecule has 0 unspecified atom stereocenters. The number of ether oxygens (including phenoxy) is 2. The second-order valence-corrected chi connectivity index (χ2v) is 12.9. The van der Waals surface area contributed by atoms with Gasteiger partial charge in [-0.3, -0.25) is 14.3 Å². The fourth-order valence-corrected chi connectivity index (χ4v) is 7.26. The third-order valence-corrected chi connectivity index (χ3v) is 9.48. The van der Waals surface area contributed by atoms with Gasteiger partial charge < -0.3 is 24.8 Å². The van der Waals surface area contributed by atoms with Gasteiger partial charge in [0.2, 0.25) is 0 Å². The Bertz CT molecular complexity index is 1800. The number of rotatable bonds is 11. The summed E-state index contributed by atoms with van der Waals surface area (Å²) in [6.45, 7) is 9.29. The van der Waals surface area contributed by atoms with Gasteiger partial charge in [0.25, 0.3) is 11.8 Å². The predicted octanol–water partition coefficient (Wildman–Crippen LogP) is 5.84. The molecule has 2 aliphatic heterocycles. The molecule has 250 valence electrons. The summed E-state index contributed by atoms with van der Waals surface area (Å²) < 4.78 is 29.7. The van der Waals surface area contributed by atoms with Gasteiger partial charge in [0, 0.05) is 41.7 Å². The molecule has 11 heteroatoms. The minimum absolute atomic E-state index is 0.237. The Kier molecular flexibility index (Phi) is 8.93. The minimum atomic E-state index is -1.70. The summed E-state index contributed by atoms with van der Waals surface area (Å²) in [5, 5.41) is 22.1. The summed E-state index contributed by atoms with van der Waals surface area (Å²) in [4.78, 5) is 29.1. The van der Waals surface area contributed by atoms with Crippen LogP contribution >= 0.6 is 0 Å². The molecule has 4 aromatic rings. The van der Waals surface area contributed by atoms with E-state index in [9.17, 15) is 14.7 Å². The van der Waals surface area contributed by atoms with Crippen LogP contribution in [0.2, 0.25) is 0 Å². The number of carbonyl (C=O) groups excluding carboxylic acids is 2. The minimum Gasteiger partial charge on any atom is -0.497 e. The molecule has 3 heterocycles. The number of halogens is 1. The summed E-state index contributed by atoms with van der Waals surface area (Å²) in [5.74, 6) is -1.22. The maximum Gasteiger partial charge on any atom is 0.264 e. The Hall–Kier alpha value is -4.87. The Morgan fingerprint density at radius 1 is 1.19 bits per heavy atom. The average molecular weight is 654 g/mol. The lowest BCUT2D eigenvalue weighted by atomic mass is 9.71. The van der Waals surface area contributed by atoms with E-state index >= 15 is 4.39 Å². The van der Waals surface area contributed by atoms with Crippen LogP contribution in [0.1, 0.15) is 60.5 Å². The first-order chi connectivity index (χ1) is 23.0. The molecule has 48 heavy (non-hydrogen) atoms. The molecule has 0 bridgehead atoms. The van der Waals surface area contributed by atoms with Crippen molar-refractivity contribution in [2.75, 3.05) is 23.9 Å². The summed E-state index contributed by atoms with van der Waals surface area (Å²) in [7, 11) is 1.56. The molecule has 10 nitrogen and oxygen atoms in total. The number of hydrogen-bond acceptors (Lipinski definition) is 7. The van der Waals surface area contributed by atoms with Gasteiger partial charge in [-0.05, 0) is 68.3 Å². The van der Waals surface area contributed by atoms with Crippen molar-refractivity contribution in [3.05, 3.63) is 114 Å². The maximum absolute atomic E-state index is 16.1. The van der Waals surface area contributed by atoms with Crippen LogP contribution in [0.25, 0.3) is 0 Å². The molecular weight excluding hydrogens is 613 g/mol. The molecule has 2 aliphatic rings. The first-order valence-electron chi connectivity index (χ1n) is 16.0. The maximum atomic E-state index is 16.1. The Morgan fingerprint density at radius 2 is 1.92 bits per heavy atom. The van der Waals surface area contributed by atoms with Crippen molar-refractivity contribution in [1.82, 2.24) is 15.0 Å². The second kappa shape index (κ2) is 13.0. The van der Waals surface area contributed by atoms with Crippen LogP contribution < -0.4 is 15.0 Å². The SMILES string of the molecule is C=CCN1C(=O)[C@@]2(O[C@@H](CCn3cc([C@H](O)c4ccccc4)nn3)[C@H](C(C)(C)F)[C@H]2C)c2cc(NC(=O)c3ccc(OC)cc3)ccc21. The van der Waals surface area contributed by atoms with Crippen LogP contribution in [0.4, 0.5) is 15.8 Å². The van der Waals surface area contributed by atoms with Gasteiger partial charge in [-0.1, -0.05) is 48.5 Å². The number of nitrogens with one attached hydrogen (secondary N) is 1. The van der Waals surface area contributed by atoms with Crippen molar-refractivity contribution in [3.63, 3.8) is 0 Å². The number of amides is 2. The van der Waals surface area contributed by atoms with E-state index in [4.69, 9.17) is 9.47 Å². The van der Waals surface area contributed by atoms with Crippen molar-refractivity contribution in [1.29, 1.82) is 0 Å². The molecule has 1 fully saturated rings. The van der Waals surface area contributed by atoms with Crippen molar-refractivity contribution in [2.24, 2.45) is 11.8 Å². The number of aromatic nitrogens is 3. The Morgan fingerprint density at radius 3 is 2.58 bits per heavy atom. The van der Waals surface area contributed by atoms with E-state index in [0.717, 1.165) is 0 Å². The number of aliphatic hydroxyl groups is 1. The number of alkyl halides is 1. The third-order valence-electron chi connectivity index (χ3n) is 9.48. The molecule has 1 aromatic heterocycles. The zero-order chi connectivity index (χ0) is 34.2. The van der Waals surface area contributed by atoms with Gasteiger partial charge in [0.15, 0.2) is 5.60 Å². The van der Waals surface area contributed by atoms with Crippen LogP contribution in [0.15, 0.2) is 91.6 Å². The lowest BCUT2D eigenvalue weighted by Gasteiger charge is -2.32. The topological polar surface area (TPSA) is 119 Å². The summed E-state index contributed by atoms with van der Waals surface area (Å²) >= 11 is 0. The van der Waals surface area contributed by atoms with Gasteiger partial charge in [-0.15, -0.1) is 11.7 Å². The van der Waals surface area contributed by atoms with Crippen molar-refractivity contribution >= 4 is 23.2 Å². The van der Waals surface area contributed by atoms with Crippen LogP contribution in [0.5, 0.6) is 5.75 Å². The standard InChI is InChI=1S/C37H40FN5O5/c1-6-19-43-30-17-14-26(39-34(45)25-12-15-27(47-5)16-13-25)21-28(30)37(35(43)46)23(2)32(36(3,4)38)31(48-37)18-20-42-22-29(40-41-42)33(44)24-10-8-7-9-11-24/h6-17,21-23,31-33,44H,1,18-20H2,2-5H3,(H,39,45)/t23-,31+,32-,33-,37+/m1/s1. The molecule has 6 rings (SSSR count). The van der Waals surface area contributed by atoms with E-state index in [0.29, 0.717) is 52.5 Å². The van der Waals surface area contributed by atoms with E-state index in [1.165, 1.54) is 13.8 Å². The van der Waals surface area contributed by atoms with Crippen molar-refractivity contribution < 1.29 is 28.6 Å². The quantitative estimate of drug-likeness (QED) is 0.195. The van der Waals surface area contributed by atoms with Crippen LogP contribution in [0, 0.1) is 11.8 Å². The molecule has 1 saturated heterocycles. The highest BCUT2D eigenvalue weighted by Gasteiger charge is 2.66. The lowest BCUT2D eigenvalue weighted by Crippen LogP contribution is -2.45. The molecule has 2 amide bonds. The first kappa shape index (κ1) is 33.0. The number of fused-ring (bicyclic) bond motifs is 2. The number of benzene rings is 3. The Balaban J connectivity index is 1.29. The molecule has 5 atom stereocenters. The normalized spacial score (nSPS) is 22.5. The Labute approximate surface area is 279 Å². The second-order valence-electron chi connectivity index (χ2n) is 12.9. The van der Waals surface area contributed by atoms with Gasteiger partial charge in [-0.25, -0.2) is 4.39 Å². The van der Waals surface area contributed by atoms with Crippen LogP contribution in [-0.4, -0.2) is 57.3 Å². The molecule has 0 radical (unpaired) electrons. The monoisotopic (exact) mass is 653 g/mol. The van der Waals surface area contributed by atoms with Crippen molar-refractivity contribution in [3.8, 4) is 5.75 Å². The summed E-state index contributed by atoms with van der Waals surface area (Å²) in [5.41, 5.74) is 0.00990. The van der Waals surface area contributed by atoms with Gasteiger partial charge in [0.1, 0.15) is 23.2 Å². The van der Waals surface area contributed by atoms with E-state index in [1.54, 1.807) is 71.4 Å². The van der Waals surface area contributed by atoms with E-state index < -0.39 is 35.3 Å². The fraction of sp³-hybridized carbons (Fsp3) is 0.351. The summed E-state index contributed by atoms with van der Waals surface area (Å²) in [6, 6.07) is 21.2. The molecule has 0 saturated carbocycles. The summed E-state index contributed by atoms with van der Waals surface area (Å²) in [6.07, 6.45) is 2.05. The molecule has 1 spiro atoms. The average Bonchev–Trinajstić information content (AvgIpc) is 3.74. The fourth-order valence-electron chi connectivity index (χ4n) is 7.26. The first-order valence-corrected chi connectivity index (χ1v) is 16.0. The molecule has 3 aromatic carbocycles. The van der Waals surface area contributed by atoms with Gasteiger partial charge in [0.05, 0.1) is 25.1 Å². The third kappa shape index (κ3) is 5.88. The highest BCUT2D eigenvalue weighted by atomic mass is 19.1. The van der Waals surface area contributed by atoms with E-state index in [1.807, 2.05) is 37.3 Å². The highest BCUT2D eigenvalue weighted by molar-refractivity contribution is 6.09. The zero-order valence-corrected chi connectivity index (χ0v) is 27.5. The lowest BCUT2D eigenvalue weighted by molar-refractivity contribution is -0.146.